The average Bonchev–Trinajstić information content (AvgIpc) is 3.99. The summed E-state index contributed by atoms with van der Waals surface area (Å²) in [5.74, 6) is -0.488. The van der Waals surface area contributed by atoms with Crippen molar-refractivity contribution in [3.63, 3.8) is 0 Å². The first kappa shape index (κ1) is 49.5. The maximum absolute atomic E-state index is 13.6. The molecule has 1 aromatic carbocycles. The first-order valence-corrected chi connectivity index (χ1v) is 21.7. The summed E-state index contributed by atoms with van der Waals surface area (Å²) in [5.41, 5.74) is 0.372. The van der Waals surface area contributed by atoms with Gasteiger partial charge >= 0.3 is 11.9 Å². The quantitative estimate of drug-likeness (QED) is 0.0311. The van der Waals surface area contributed by atoms with E-state index in [-0.39, 0.29) is 42.5 Å². The van der Waals surface area contributed by atoms with Gasteiger partial charge in [-0.1, -0.05) is 70.2 Å². The van der Waals surface area contributed by atoms with E-state index >= 15 is 0 Å². The number of carbonyl (C=O) groups excluding carboxylic acids is 2. The van der Waals surface area contributed by atoms with E-state index in [2.05, 4.69) is 26.8 Å². The number of ether oxygens (including phenoxy) is 9. The molecule has 0 bridgehead atoms. The number of benzene rings is 1. The third kappa shape index (κ3) is 17.4. The van der Waals surface area contributed by atoms with Crippen molar-refractivity contribution in [2.75, 3.05) is 59.5 Å². The van der Waals surface area contributed by atoms with Gasteiger partial charge in [-0.3, -0.25) is 4.79 Å². The molecular weight excluding hydrogens is 741 g/mol. The number of cyclic esters (lactones) is 1. The molecule has 10 unspecified atom stereocenters. The number of carbonyl (C=O) groups is 2. The summed E-state index contributed by atoms with van der Waals surface area (Å²) >= 11 is 0. The maximum Gasteiger partial charge on any atom is 0.338 e. The van der Waals surface area contributed by atoms with Crippen molar-refractivity contribution < 1.29 is 52.2 Å². The Morgan fingerprint density at radius 1 is 0.931 bits per heavy atom. The minimum atomic E-state index is -0.961. The van der Waals surface area contributed by atoms with Crippen molar-refractivity contribution in [3.8, 4) is 0 Å². The van der Waals surface area contributed by atoms with Crippen molar-refractivity contribution in [2.24, 2.45) is 17.8 Å². The van der Waals surface area contributed by atoms with Crippen LogP contribution >= 0.6 is 0 Å². The highest BCUT2D eigenvalue weighted by Gasteiger charge is 2.45. The monoisotopic (exact) mass is 815 g/mol. The van der Waals surface area contributed by atoms with Crippen LogP contribution in [-0.4, -0.2) is 114 Å². The SMILES string of the molecule is CCOCCOC1CCC(C)(OCCOCC)C(OC(=O)c2ccccc2)/C=C/C(C)C(/C(C)=C/C=C/C(C)CC2OC2C(C)C(CC)OCCOCC)OC(=O)C1. The molecule has 0 aliphatic carbocycles. The highest BCUT2D eigenvalue weighted by atomic mass is 16.6. The Kier molecular flexibility index (Phi) is 23.1. The van der Waals surface area contributed by atoms with Gasteiger partial charge in [-0.15, -0.1) is 0 Å². The molecule has 11 heteroatoms. The van der Waals surface area contributed by atoms with Gasteiger partial charge in [0.2, 0.25) is 0 Å². The molecule has 58 heavy (non-hydrogen) atoms. The number of hydrogen-bond donors (Lipinski definition) is 0. The lowest BCUT2D eigenvalue weighted by Crippen LogP contribution is -2.46. The van der Waals surface area contributed by atoms with Crippen LogP contribution in [0.5, 0.6) is 0 Å². The number of esters is 2. The van der Waals surface area contributed by atoms with Crippen LogP contribution in [0.15, 0.2) is 66.3 Å². The van der Waals surface area contributed by atoms with Crippen molar-refractivity contribution in [2.45, 2.75) is 137 Å². The van der Waals surface area contributed by atoms with Crippen LogP contribution in [0.4, 0.5) is 0 Å². The van der Waals surface area contributed by atoms with Gasteiger partial charge in [-0.25, -0.2) is 4.79 Å². The number of epoxide rings is 1. The van der Waals surface area contributed by atoms with Gasteiger partial charge < -0.3 is 42.6 Å². The van der Waals surface area contributed by atoms with E-state index in [1.54, 1.807) is 12.1 Å². The zero-order chi connectivity index (χ0) is 42.3. The van der Waals surface area contributed by atoms with E-state index in [0.29, 0.717) is 83.8 Å². The Morgan fingerprint density at radius 2 is 1.60 bits per heavy atom. The predicted octanol–water partition coefficient (Wildman–Crippen LogP) is 8.50. The van der Waals surface area contributed by atoms with Crippen molar-refractivity contribution in [3.05, 3.63) is 71.8 Å². The van der Waals surface area contributed by atoms with Gasteiger partial charge in [0.15, 0.2) is 0 Å². The molecule has 2 aliphatic rings. The van der Waals surface area contributed by atoms with E-state index in [4.69, 9.17) is 42.6 Å². The van der Waals surface area contributed by atoms with Crippen LogP contribution in [0.1, 0.15) is 105 Å². The molecule has 328 valence electrons. The van der Waals surface area contributed by atoms with Crippen LogP contribution < -0.4 is 0 Å². The Balaban J connectivity index is 1.82. The van der Waals surface area contributed by atoms with Crippen LogP contribution in [0.25, 0.3) is 0 Å². The lowest BCUT2D eigenvalue weighted by molar-refractivity contribution is -0.154. The third-order valence-electron chi connectivity index (χ3n) is 10.9. The highest BCUT2D eigenvalue weighted by Crippen LogP contribution is 2.37. The van der Waals surface area contributed by atoms with E-state index in [1.807, 2.05) is 84.0 Å². The van der Waals surface area contributed by atoms with E-state index < -0.39 is 29.9 Å². The third-order valence-corrected chi connectivity index (χ3v) is 10.9. The summed E-state index contributed by atoms with van der Waals surface area (Å²) < 4.78 is 54.1. The summed E-state index contributed by atoms with van der Waals surface area (Å²) in [7, 11) is 0. The molecule has 0 spiro atoms. The van der Waals surface area contributed by atoms with Crippen LogP contribution in [0.3, 0.4) is 0 Å². The number of rotatable bonds is 25. The largest absolute Gasteiger partial charge is 0.457 e. The molecule has 11 nitrogen and oxygen atoms in total. The minimum Gasteiger partial charge on any atom is -0.457 e. The summed E-state index contributed by atoms with van der Waals surface area (Å²) in [5, 5.41) is 0. The molecule has 0 N–H and O–H groups in total. The molecule has 10 atom stereocenters. The molecular formula is C47H74O11. The molecule has 2 aliphatic heterocycles. The van der Waals surface area contributed by atoms with Crippen LogP contribution in [-0.2, 0) is 47.4 Å². The highest BCUT2D eigenvalue weighted by molar-refractivity contribution is 5.89. The molecule has 1 aromatic rings. The molecule has 0 amide bonds. The second kappa shape index (κ2) is 27.0. The fourth-order valence-corrected chi connectivity index (χ4v) is 7.38. The molecule has 1 fully saturated rings. The molecule has 0 saturated carbocycles. The van der Waals surface area contributed by atoms with Gasteiger partial charge in [-0.05, 0) is 90.0 Å². The average molecular weight is 815 g/mol. The maximum atomic E-state index is 13.6. The normalized spacial score (nSPS) is 27.9. The van der Waals surface area contributed by atoms with E-state index in [1.165, 1.54) is 0 Å². The smallest absolute Gasteiger partial charge is 0.338 e. The summed E-state index contributed by atoms with van der Waals surface area (Å²) in [4.78, 5) is 27.2. The zero-order valence-corrected chi connectivity index (χ0v) is 36.9. The van der Waals surface area contributed by atoms with E-state index in [0.717, 1.165) is 18.4 Å². The van der Waals surface area contributed by atoms with E-state index in [9.17, 15) is 9.59 Å². The standard InChI is InChI=1S/C47H74O11/c1-10-40(54-30-27-51-12-3)37(8)45-41(56-45)32-34(5)18-17-19-35(6)44-36(7)22-23-42(57-46(49)38-20-15-14-16-21-38)47(9,55-31-28-52-13-4)25-24-39(33-43(48)58-44)53-29-26-50-11-2/h14-23,34,36-37,39-42,44-45H,10-13,24-33H2,1-9H3/b18-17+,23-22+,35-19+. The Hall–Kier alpha value is -2.90. The first-order valence-electron chi connectivity index (χ1n) is 21.7. The van der Waals surface area contributed by atoms with Crippen molar-refractivity contribution in [1.82, 2.24) is 0 Å². The van der Waals surface area contributed by atoms with Crippen LogP contribution in [0, 0.1) is 17.8 Å². The number of hydrogen-bond acceptors (Lipinski definition) is 11. The van der Waals surface area contributed by atoms with Crippen molar-refractivity contribution in [1.29, 1.82) is 0 Å². The minimum absolute atomic E-state index is 0.0557. The molecule has 0 radical (unpaired) electrons. The van der Waals surface area contributed by atoms with Gasteiger partial charge in [0.1, 0.15) is 17.8 Å². The second-order valence-corrected chi connectivity index (χ2v) is 15.7. The molecule has 0 aromatic heterocycles. The lowest BCUT2D eigenvalue weighted by atomic mass is 9.88. The summed E-state index contributed by atoms with van der Waals surface area (Å²) in [6.45, 7) is 22.8. The number of allylic oxidation sites excluding steroid dienone is 3. The molecule has 3 rings (SSSR count). The fourth-order valence-electron chi connectivity index (χ4n) is 7.38. The topological polar surface area (TPSA) is 121 Å². The second-order valence-electron chi connectivity index (χ2n) is 15.7. The fraction of sp³-hybridized carbons (Fsp3) is 0.702. The zero-order valence-electron chi connectivity index (χ0n) is 36.9. The van der Waals surface area contributed by atoms with Crippen LogP contribution in [0.2, 0.25) is 0 Å². The Labute approximate surface area is 349 Å². The predicted molar refractivity (Wildman–Crippen MR) is 226 cm³/mol. The lowest BCUT2D eigenvalue weighted by Gasteiger charge is -2.37. The molecule has 2 heterocycles. The van der Waals surface area contributed by atoms with Gasteiger partial charge in [-0.2, -0.15) is 0 Å². The summed E-state index contributed by atoms with van der Waals surface area (Å²) in [6, 6.07) is 8.94. The summed E-state index contributed by atoms with van der Waals surface area (Å²) in [6.07, 6.45) is 11.6. The van der Waals surface area contributed by atoms with Gasteiger partial charge in [0.25, 0.3) is 0 Å². The first-order chi connectivity index (χ1) is 28.0. The van der Waals surface area contributed by atoms with Gasteiger partial charge in [0, 0.05) is 31.7 Å². The Bertz CT molecular complexity index is 1400. The Morgan fingerprint density at radius 3 is 2.28 bits per heavy atom. The van der Waals surface area contributed by atoms with Gasteiger partial charge in [0.05, 0.1) is 76.0 Å². The molecule has 1 saturated heterocycles. The van der Waals surface area contributed by atoms with Crippen molar-refractivity contribution >= 4 is 11.9 Å².